The summed E-state index contributed by atoms with van der Waals surface area (Å²) in [4.78, 5) is 23.8. The van der Waals surface area contributed by atoms with Gasteiger partial charge < -0.3 is 20.3 Å². The Balaban J connectivity index is 1.96. The fourth-order valence-electron chi connectivity index (χ4n) is 2.75. The van der Waals surface area contributed by atoms with Crippen LogP contribution >= 0.6 is 0 Å². The number of nitrogens with zero attached hydrogens (tertiary/aromatic N) is 1. The fourth-order valence-corrected chi connectivity index (χ4v) is 2.75. The van der Waals surface area contributed by atoms with E-state index in [1.54, 1.807) is 0 Å². The number of pyridine rings is 1. The molecular formula is C15H20F3N3O3. The van der Waals surface area contributed by atoms with Crippen LogP contribution in [-0.4, -0.2) is 34.0 Å². The number of carbonyl (C=O) groups is 1. The molecule has 1 aromatic heterocycles. The number of anilines is 1. The van der Waals surface area contributed by atoms with Gasteiger partial charge in [-0.3, -0.25) is 4.79 Å². The van der Waals surface area contributed by atoms with Crippen molar-refractivity contribution in [3.8, 4) is 0 Å². The SMILES string of the molecule is O=C(NCC1(O)CCCCC1)Nc1cccn(CC(F)(F)F)c1=O. The largest absolute Gasteiger partial charge is 0.406 e. The van der Waals surface area contributed by atoms with Crippen LogP contribution in [0.3, 0.4) is 0 Å². The molecule has 1 aliphatic carbocycles. The molecule has 1 saturated carbocycles. The molecule has 2 rings (SSSR count). The summed E-state index contributed by atoms with van der Waals surface area (Å²) < 4.78 is 37.7. The highest BCUT2D eigenvalue weighted by Gasteiger charge is 2.30. The predicted octanol–water partition coefficient (Wildman–Crippen LogP) is 2.23. The lowest BCUT2D eigenvalue weighted by atomic mass is 9.85. The van der Waals surface area contributed by atoms with Gasteiger partial charge in [-0.1, -0.05) is 19.3 Å². The molecule has 0 aliphatic heterocycles. The van der Waals surface area contributed by atoms with Gasteiger partial charge in [0.15, 0.2) is 0 Å². The Labute approximate surface area is 136 Å². The summed E-state index contributed by atoms with van der Waals surface area (Å²) >= 11 is 0. The first-order valence-electron chi connectivity index (χ1n) is 7.72. The molecule has 24 heavy (non-hydrogen) atoms. The van der Waals surface area contributed by atoms with Crippen molar-refractivity contribution in [2.24, 2.45) is 0 Å². The van der Waals surface area contributed by atoms with Crippen LogP contribution in [0.25, 0.3) is 0 Å². The fraction of sp³-hybridized carbons (Fsp3) is 0.600. The maximum atomic E-state index is 12.4. The first-order chi connectivity index (χ1) is 11.2. The van der Waals surface area contributed by atoms with Crippen LogP contribution in [0.2, 0.25) is 0 Å². The average Bonchev–Trinajstić information content (AvgIpc) is 2.49. The zero-order chi connectivity index (χ0) is 17.8. The Hall–Kier alpha value is -2.03. The van der Waals surface area contributed by atoms with Crippen molar-refractivity contribution in [3.05, 3.63) is 28.7 Å². The van der Waals surface area contributed by atoms with E-state index in [1.807, 2.05) is 0 Å². The molecule has 0 atom stereocenters. The molecule has 0 saturated heterocycles. The molecule has 134 valence electrons. The van der Waals surface area contributed by atoms with Gasteiger partial charge in [0.2, 0.25) is 0 Å². The van der Waals surface area contributed by atoms with Gasteiger partial charge in [-0.2, -0.15) is 13.2 Å². The van der Waals surface area contributed by atoms with Crippen LogP contribution in [0.15, 0.2) is 23.1 Å². The summed E-state index contributed by atoms with van der Waals surface area (Å²) in [5.41, 5.74) is -2.17. The van der Waals surface area contributed by atoms with Gasteiger partial charge in [0.25, 0.3) is 5.56 Å². The summed E-state index contributed by atoms with van der Waals surface area (Å²) in [5, 5.41) is 15.0. The third-order valence-corrected chi connectivity index (χ3v) is 3.98. The molecule has 0 radical (unpaired) electrons. The Morgan fingerprint density at radius 3 is 2.58 bits per heavy atom. The molecular weight excluding hydrogens is 327 g/mol. The van der Waals surface area contributed by atoms with E-state index in [1.165, 1.54) is 12.1 Å². The smallest absolute Gasteiger partial charge is 0.388 e. The highest BCUT2D eigenvalue weighted by atomic mass is 19.4. The van der Waals surface area contributed by atoms with Crippen LogP contribution < -0.4 is 16.2 Å². The van der Waals surface area contributed by atoms with E-state index in [0.29, 0.717) is 17.4 Å². The minimum atomic E-state index is -4.53. The van der Waals surface area contributed by atoms with E-state index in [9.17, 15) is 27.9 Å². The first-order valence-corrected chi connectivity index (χ1v) is 7.72. The van der Waals surface area contributed by atoms with E-state index in [0.717, 1.165) is 25.5 Å². The quantitative estimate of drug-likeness (QED) is 0.781. The van der Waals surface area contributed by atoms with Crippen LogP contribution in [0.1, 0.15) is 32.1 Å². The first kappa shape index (κ1) is 18.3. The average molecular weight is 347 g/mol. The second kappa shape index (κ2) is 7.25. The van der Waals surface area contributed by atoms with Crippen molar-refractivity contribution in [2.75, 3.05) is 11.9 Å². The molecule has 1 aromatic rings. The van der Waals surface area contributed by atoms with Crippen molar-refractivity contribution >= 4 is 11.7 Å². The normalized spacial score (nSPS) is 17.3. The lowest BCUT2D eigenvalue weighted by Crippen LogP contribution is -2.46. The summed E-state index contributed by atoms with van der Waals surface area (Å²) in [5.74, 6) is 0. The molecule has 1 heterocycles. The molecule has 1 aliphatic rings. The Bertz CT molecular complexity index is 637. The van der Waals surface area contributed by atoms with E-state index >= 15 is 0 Å². The Kier molecular flexibility index (Phi) is 5.53. The zero-order valence-corrected chi connectivity index (χ0v) is 13.0. The van der Waals surface area contributed by atoms with Crippen LogP contribution in [0.4, 0.5) is 23.7 Å². The van der Waals surface area contributed by atoms with E-state index in [2.05, 4.69) is 10.6 Å². The highest BCUT2D eigenvalue weighted by molar-refractivity contribution is 5.88. The van der Waals surface area contributed by atoms with E-state index in [-0.39, 0.29) is 12.2 Å². The van der Waals surface area contributed by atoms with Gasteiger partial charge in [-0.15, -0.1) is 0 Å². The number of urea groups is 1. The molecule has 0 unspecified atom stereocenters. The second-order valence-corrected chi connectivity index (χ2v) is 6.06. The van der Waals surface area contributed by atoms with Gasteiger partial charge in [-0.25, -0.2) is 4.79 Å². The van der Waals surface area contributed by atoms with Crippen molar-refractivity contribution in [3.63, 3.8) is 0 Å². The van der Waals surface area contributed by atoms with Gasteiger partial charge in [0.05, 0.1) is 5.60 Å². The third-order valence-electron chi connectivity index (χ3n) is 3.98. The Morgan fingerprint density at radius 2 is 1.96 bits per heavy atom. The molecule has 9 heteroatoms. The Morgan fingerprint density at radius 1 is 1.29 bits per heavy atom. The monoisotopic (exact) mass is 347 g/mol. The summed E-state index contributed by atoms with van der Waals surface area (Å²) in [6.45, 7) is -1.40. The number of rotatable bonds is 4. The number of carbonyl (C=O) groups excluding carboxylic acids is 1. The summed E-state index contributed by atoms with van der Waals surface area (Å²) in [6.07, 6.45) is 0.422. The zero-order valence-electron chi connectivity index (χ0n) is 13.0. The minimum Gasteiger partial charge on any atom is -0.388 e. The topological polar surface area (TPSA) is 83.4 Å². The molecule has 0 spiro atoms. The number of amides is 2. The molecule has 3 N–H and O–H groups in total. The number of aliphatic hydroxyl groups is 1. The van der Waals surface area contributed by atoms with Crippen molar-refractivity contribution in [1.29, 1.82) is 0 Å². The number of hydrogen-bond acceptors (Lipinski definition) is 3. The van der Waals surface area contributed by atoms with Gasteiger partial charge in [0.1, 0.15) is 12.2 Å². The molecule has 1 fully saturated rings. The lowest BCUT2D eigenvalue weighted by Gasteiger charge is -2.32. The van der Waals surface area contributed by atoms with Crippen LogP contribution in [0, 0.1) is 0 Å². The van der Waals surface area contributed by atoms with Crippen LogP contribution in [-0.2, 0) is 6.54 Å². The van der Waals surface area contributed by atoms with Gasteiger partial charge >= 0.3 is 12.2 Å². The highest BCUT2D eigenvalue weighted by Crippen LogP contribution is 2.27. The van der Waals surface area contributed by atoms with Gasteiger partial charge in [-0.05, 0) is 25.0 Å². The van der Waals surface area contributed by atoms with Crippen molar-refractivity contribution in [1.82, 2.24) is 9.88 Å². The maximum absolute atomic E-state index is 12.4. The molecule has 2 amide bonds. The number of nitrogens with one attached hydrogen (secondary N) is 2. The number of halogens is 3. The molecule has 0 bridgehead atoms. The lowest BCUT2D eigenvalue weighted by molar-refractivity contribution is -0.141. The maximum Gasteiger partial charge on any atom is 0.406 e. The molecule has 6 nitrogen and oxygen atoms in total. The summed E-state index contributed by atoms with van der Waals surface area (Å²) in [6, 6.07) is 1.73. The summed E-state index contributed by atoms with van der Waals surface area (Å²) in [7, 11) is 0. The second-order valence-electron chi connectivity index (χ2n) is 6.06. The standard InChI is InChI=1S/C15H20F3N3O3/c16-15(17,18)10-21-8-4-5-11(12(21)22)20-13(23)19-9-14(24)6-2-1-3-7-14/h4-5,8,24H,1-3,6-7,9-10H2,(H2,19,20,23). The van der Waals surface area contributed by atoms with Gasteiger partial charge in [0, 0.05) is 12.7 Å². The number of aromatic nitrogens is 1. The van der Waals surface area contributed by atoms with Crippen molar-refractivity contribution < 1.29 is 23.1 Å². The predicted molar refractivity (Wildman–Crippen MR) is 81.8 cm³/mol. The number of hydrogen-bond donors (Lipinski definition) is 3. The molecule has 0 aromatic carbocycles. The van der Waals surface area contributed by atoms with E-state index in [4.69, 9.17) is 0 Å². The van der Waals surface area contributed by atoms with Crippen molar-refractivity contribution in [2.45, 2.75) is 50.4 Å². The number of alkyl halides is 3. The minimum absolute atomic E-state index is 0.0302. The van der Waals surface area contributed by atoms with Crippen LogP contribution in [0.5, 0.6) is 0 Å². The van der Waals surface area contributed by atoms with E-state index < -0.39 is 29.9 Å². The third kappa shape index (κ3) is 5.26.